The minimum absolute atomic E-state index is 0.0516. The molecule has 0 aromatic carbocycles. The van der Waals surface area contributed by atoms with Gasteiger partial charge in [-0.25, -0.2) is 4.99 Å². The minimum Gasteiger partial charge on any atom is -0.328 e. The second-order valence-corrected chi connectivity index (χ2v) is 3.63. The van der Waals surface area contributed by atoms with Crippen molar-refractivity contribution in [3.05, 3.63) is 0 Å². The Morgan fingerprint density at radius 3 is 2.53 bits per heavy atom. The number of hydrazine groups is 1. The molecule has 0 fully saturated rings. The van der Waals surface area contributed by atoms with Gasteiger partial charge in [-0.3, -0.25) is 22.2 Å². The second kappa shape index (κ2) is 5.24. The van der Waals surface area contributed by atoms with Crippen LogP contribution in [0.4, 0.5) is 0 Å². The van der Waals surface area contributed by atoms with Crippen LogP contribution in [0.5, 0.6) is 0 Å². The van der Waals surface area contributed by atoms with Crippen LogP contribution in [0.25, 0.3) is 0 Å². The maximum Gasteiger partial charge on any atom is 0.211 e. The van der Waals surface area contributed by atoms with Gasteiger partial charge in [0.15, 0.2) is 6.29 Å². The monoisotopic (exact) mass is 216 g/mol. The number of rotatable bonds is 4. The summed E-state index contributed by atoms with van der Waals surface area (Å²) in [4.78, 5) is 4.21. The number of guanidine groups is 1. The van der Waals surface area contributed by atoms with Crippen LogP contribution in [0.1, 0.15) is 13.8 Å². The van der Waals surface area contributed by atoms with Crippen molar-refractivity contribution < 1.29 is 0 Å². The van der Waals surface area contributed by atoms with E-state index in [4.69, 9.17) is 17.2 Å². The molecule has 0 saturated heterocycles. The van der Waals surface area contributed by atoms with Gasteiger partial charge in [-0.2, -0.15) is 5.43 Å². The van der Waals surface area contributed by atoms with E-state index in [9.17, 15) is 0 Å². The molecule has 0 aliphatic carbocycles. The fraction of sp³-hybridized carbons (Fsp3) is 0.857. The Labute approximate surface area is 89.0 Å². The Balaban J connectivity index is 2.37. The third-order valence-electron chi connectivity index (χ3n) is 2.10. The lowest BCUT2D eigenvalue weighted by molar-refractivity contribution is 0.372. The van der Waals surface area contributed by atoms with E-state index in [1.54, 1.807) is 0 Å². The van der Waals surface area contributed by atoms with Crippen LogP contribution < -0.4 is 38.7 Å². The number of nitrogens with two attached hydrogens (primary N) is 3. The van der Waals surface area contributed by atoms with Crippen LogP contribution in [-0.2, 0) is 0 Å². The quantitative estimate of drug-likeness (QED) is 0.246. The summed E-state index contributed by atoms with van der Waals surface area (Å²) in [6.45, 7) is 3.92. The Kier molecular flexibility index (Phi) is 4.24. The summed E-state index contributed by atoms with van der Waals surface area (Å²) in [5, 5.41) is 5.91. The Morgan fingerprint density at radius 1 is 1.33 bits per heavy atom. The number of aliphatic imine (C=N–C) groups is 1. The van der Waals surface area contributed by atoms with Gasteiger partial charge < -0.3 is 11.1 Å². The number of nitrogens with one attached hydrogen (secondary N) is 4. The summed E-state index contributed by atoms with van der Waals surface area (Å²) in [6, 6.07) is 0.203. The molecule has 15 heavy (non-hydrogen) atoms. The third-order valence-corrected chi connectivity index (χ3v) is 2.10. The first kappa shape index (κ1) is 12.1. The van der Waals surface area contributed by atoms with Crippen molar-refractivity contribution in [2.45, 2.75) is 38.5 Å². The van der Waals surface area contributed by atoms with Gasteiger partial charge in [0.2, 0.25) is 5.96 Å². The normalized spacial score (nSPS) is 24.7. The standard InChI is InChI=1S/C7H20N8/c1-3(8)4(2)11-6-13-7(15-14-6)12-5(9)10/h3-6,11,14H,8-10H2,1-2H3,(H2,12,13,15). The first-order valence-corrected chi connectivity index (χ1v) is 4.87. The zero-order valence-corrected chi connectivity index (χ0v) is 8.99. The summed E-state index contributed by atoms with van der Waals surface area (Å²) in [6.07, 6.45) is -0.866. The largest absolute Gasteiger partial charge is 0.328 e. The van der Waals surface area contributed by atoms with Gasteiger partial charge in [-0.05, 0) is 13.8 Å². The van der Waals surface area contributed by atoms with Crippen LogP contribution in [0, 0.1) is 0 Å². The van der Waals surface area contributed by atoms with Crippen LogP contribution in [-0.4, -0.2) is 30.6 Å². The van der Waals surface area contributed by atoms with Gasteiger partial charge >= 0.3 is 0 Å². The highest BCUT2D eigenvalue weighted by Gasteiger charge is 2.19. The van der Waals surface area contributed by atoms with E-state index in [2.05, 4.69) is 26.5 Å². The Bertz CT molecular complexity index is 225. The predicted molar refractivity (Wildman–Crippen MR) is 59.0 cm³/mol. The van der Waals surface area contributed by atoms with E-state index < -0.39 is 6.29 Å². The maximum absolute atomic E-state index is 5.71. The molecular formula is C7H20N8. The van der Waals surface area contributed by atoms with E-state index in [0.717, 1.165) is 0 Å². The molecule has 0 saturated carbocycles. The Morgan fingerprint density at radius 2 is 2.00 bits per heavy atom. The number of nitrogens with zero attached hydrogens (tertiary/aromatic N) is 1. The highest BCUT2D eigenvalue weighted by molar-refractivity contribution is 5.80. The molecule has 1 rings (SSSR count). The molecule has 1 aliphatic rings. The van der Waals surface area contributed by atoms with Crippen LogP contribution in [0.2, 0.25) is 0 Å². The van der Waals surface area contributed by atoms with Gasteiger partial charge in [0.25, 0.3) is 0 Å². The van der Waals surface area contributed by atoms with E-state index in [1.807, 2.05) is 13.8 Å². The molecule has 10 N–H and O–H groups in total. The average molecular weight is 216 g/mol. The lowest BCUT2D eigenvalue weighted by Gasteiger charge is -2.20. The third kappa shape index (κ3) is 3.98. The molecule has 88 valence electrons. The zero-order valence-electron chi connectivity index (χ0n) is 8.99. The van der Waals surface area contributed by atoms with Crippen molar-refractivity contribution in [2.75, 3.05) is 0 Å². The van der Waals surface area contributed by atoms with E-state index in [-0.39, 0.29) is 18.4 Å². The number of hydrogen-bond donors (Lipinski definition) is 7. The number of hydrogen-bond acceptors (Lipinski definition) is 8. The maximum atomic E-state index is 5.71. The molecule has 1 aliphatic heterocycles. The minimum atomic E-state index is -0.636. The van der Waals surface area contributed by atoms with Crippen molar-refractivity contribution in [3.63, 3.8) is 0 Å². The molecule has 0 amide bonds. The van der Waals surface area contributed by atoms with E-state index in [0.29, 0.717) is 5.96 Å². The van der Waals surface area contributed by atoms with Gasteiger partial charge in [0.1, 0.15) is 6.29 Å². The summed E-state index contributed by atoms with van der Waals surface area (Å²) in [5.41, 5.74) is 22.1. The molecule has 0 aromatic rings. The molecule has 0 aromatic heterocycles. The van der Waals surface area contributed by atoms with Crippen LogP contribution in [0.3, 0.4) is 0 Å². The van der Waals surface area contributed by atoms with Crippen molar-refractivity contribution >= 4 is 5.96 Å². The first-order valence-electron chi connectivity index (χ1n) is 4.87. The van der Waals surface area contributed by atoms with Crippen LogP contribution in [0.15, 0.2) is 4.99 Å². The molecule has 0 radical (unpaired) electrons. The Hall–Kier alpha value is -0.930. The zero-order chi connectivity index (χ0) is 11.4. The predicted octanol–water partition coefficient (Wildman–Crippen LogP) is -3.15. The van der Waals surface area contributed by atoms with Gasteiger partial charge in [0.05, 0.1) is 0 Å². The average Bonchev–Trinajstić information content (AvgIpc) is 2.51. The highest BCUT2D eigenvalue weighted by atomic mass is 15.6. The second-order valence-electron chi connectivity index (χ2n) is 3.63. The van der Waals surface area contributed by atoms with Crippen LogP contribution >= 0.6 is 0 Å². The molecule has 0 bridgehead atoms. The van der Waals surface area contributed by atoms with E-state index >= 15 is 0 Å². The molecule has 3 unspecified atom stereocenters. The molecule has 3 atom stereocenters. The summed E-state index contributed by atoms with van der Waals surface area (Å²) < 4.78 is 0. The highest BCUT2D eigenvalue weighted by Crippen LogP contribution is 1.93. The van der Waals surface area contributed by atoms with Gasteiger partial charge in [-0.1, -0.05) is 0 Å². The first-order chi connectivity index (χ1) is 6.99. The molecular weight excluding hydrogens is 196 g/mol. The van der Waals surface area contributed by atoms with Gasteiger partial charge in [0, 0.05) is 12.1 Å². The molecule has 8 nitrogen and oxygen atoms in total. The van der Waals surface area contributed by atoms with Crippen molar-refractivity contribution in [1.82, 2.24) is 21.5 Å². The lowest BCUT2D eigenvalue weighted by atomic mass is 10.2. The van der Waals surface area contributed by atoms with Gasteiger partial charge in [-0.15, -0.1) is 0 Å². The van der Waals surface area contributed by atoms with Crippen molar-refractivity contribution in [2.24, 2.45) is 22.2 Å². The van der Waals surface area contributed by atoms with Crippen molar-refractivity contribution in [3.8, 4) is 0 Å². The summed E-state index contributed by atoms with van der Waals surface area (Å²) in [5.74, 6) is 0.513. The fourth-order valence-corrected chi connectivity index (χ4v) is 1.04. The summed E-state index contributed by atoms with van der Waals surface area (Å²) in [7, 11) is 0. The molecule has 8 heteroatoms. The topological polar surface area (TPSA) is 139 Å². The smallest absolute Gasteiger partial charge is 0.211 e. The lowest BCUT2D eigenvalue weighted by Crippen LogP contribution is -2.54. The van der Waals surface area contributed by atoms with E-state index in [1.165, 1.54) is 0 Å². The molecule has 0 spiro atoms. The fourth-order valence-electron chi connectivity index (χ4n) is 1.04. The van der Waals surface area contributed by atoms with Crippen molar-refractivity contribution in [1.29, 1.82) is 0 Å². The summed E-state index contributed by atoms with van der Waals surface area (Å²) >= 11 is 0. The molecule has 1 heterocycles. The SMILES string of the molecule is CC(N)C(C)NC1N=C(NC(N)N)NN1.